The minimum atomic E-state index is 0. The van der Waals surface area contributed by atoms with Crippen LogP contribution in [0, 0.1) is 6.92 Å². The molecule has 62 valence electrons. The van der Waals surface area contributed by atoms with Crippen molar-refractivity contribution in [2.45, 2.75) is 13.3 Å². The third kappa shape index (κ3) is 24.9. The molecule has 11 heavy (non-hydrogen) atoms. The first kappa shape index (κ1) is 22.6. The number of hydrogen-bond donors (Lipinski definition) is 0. The fourth-order valence-electron chi connectivity index (χ4n) is 0.321. The topological polar surface area (TPSA) is 0 Å². The zero-order valence-corrected chi connectivity index (χ0v) is 10.5. The van der Waals surface area contributed by atoms with Crippen molar-refractivity contribution in [2.24, 2.45) is 0 Å². The molecule has 1 rings (SSSR count). The van der Waals surface area contributed by atoms with Crippen LogP contribution in [0.5, 0.6) is 0 Å². The maximum atomic E-state index is 3.49. The minimum Gasteiger partial charge on any atom is -1.00 e. The summed E-state index contributed by atoms with van der Waals surface area (Å²) in [7, 11) is 0. The van der Waals surface area contributed by atoms with Crippen molar-refractivity contribution >= 4 is 0 Å². The fourth-order valence-corrected chi connectivity index (χ4v) is 0.321. The second-order valence-corrected chi connectivity index (χ2v) is 1.46. The Kier molecular flexibility index (Phi) is 46.1. The SMILES string of the molecule is [CH2-]CC.[Cl-].[Cl-].[Zr+4].c1cc[cH-]c1. The van der Waals surface area contributed by atoms with Crippen LogP contribution < -0.4 is 24.8 Å². The molecule has 0 aromatic heterocycles. The van der Waals surface area contributed by atoms with Crippen LogP contribution in [-0.2, 0) is 26.2 Å². The van der Waals surface area contributed by atoms with Crippen molar-refractivity contribution in [3.05, 3.63) is 37.3 Å². The summed E-state index contributed by atoms with van der Waals surface area (Å²) >= 11 is 0. The number of hydrogen-bond acceptors (Lipinski definition) is 0. The number of halogens is 2. The van der Waals surface area contributed by atoms with Gasteiger partial charge in [-0.1, -0.05) is 6.92 Å². The van der Waals surface area contributed by atoms with E-state index in [1.54, 1.807) is 0 Å². The van der Waals surface area contributed by atoms with Crippen LogP contribution in [0.3, 0.4) is 0 Å². The molecule has 0 fully saturated rings. The molecular weight excluding hydrogens is 258 g/mol. The van der Waals surface area contributed by atoms with Gasteiger partial charge in [0, 0.05) is 0 Å². The molecule has 0 atom stereocenters. The van der Waals surface area contributed by atoms with Gasteiger partial charge < -0.3 is 31.7 Å². The van der Waals surface area contributed by atoms with E-state index in [4.69, 9.17) is 0 Å². The van der Waals surface area contributed by atoms with Crippen molar-refractivity contribution in [1.82, 2.24) is 0 Å². The van der Waals surface area contributed by atoms with E-state index >= 15 is 0 Å². The average Bonchev–Trinajstić information content (AvgIpc) is 2.17. The predicted molar refractivity (Wildman–Crippen MR) is 37.7 cm³/mol. The maximum Gasteiger partial charge on any atom is 4.00 e. The van der Waals surface area contributed by atoms with Crippen LogP contribution in [0.4, 0.5) is 0 Å². The summed E-state index contributed by atoms with van der Waals surface area (Å²) in [5, 5.41) is 0. The van der Waals surface area contributed by atoms with Gasteiger partial charge in [-0.05, 0) is 0 Å². The molecule has 1 aromatic rings. The van der Waals surface area contributed by atoms with Crippen LogP contribution in [0.1, 0.15) is 13.3 Å². The first-order valence-corrected chi connectivity index (χ1v) is 2.87. The van der Waals surface area contributed by atoms with Crippen molar-refractivity contribution in [3.8, 4) is 0 Å². The maximum absolute atomic E-state index is 3.49. The summed E-state index contributed by atoms with van der Waals surface area (Å²) in [6.45, 7) is 5.50. The molecule has 0 aliphatic carbocycles. The number of rotatable bonds is 0. The Balaban J connectivity index is -0.0000000379. The summed E-state index contributed by atoms with van der Waals surface area (Å²) in [5.41, 5.74) is 0. The molecule has 0 saturated heterocycles. The van der Waals surface area contributed by atoms with E-state index in [9.17, 15) is 0 Å². The van der Waals surface area contributed by atoms with Crippen LogP contribution in [0.2, 0.25) is 0 Å². The molecule has 0 heterocycles. The van der Waals surface area contributed by atoms with Gasteiger partial charge in [-0.2, -0.15) is 24.6 Å². The third-order valence-corrected chi connectivity index (χ3v) is 0.556. The zero-order valence-electron chi connectivity index (χ0n) is 6.56. The molecule has 3 heteroatoms. The monoisotopic (exact) mass is 268 g/mol. The van der Waals surface area contributed by atoms with Gasteiger partial charge in [0.15, 0.2) is 0 Å². The Morgan fingerprint density at radius 1 is 1.18 bits per heavy atom. The standard InChI is InChI=1S/C5H5.C3H7.2ClH.Zr/c1-2-4-5-3-1;1-3-2;;;/h1-5H;1,3H2,2H3;2*1H;/q2*-1;;;+4/p-2. The second kappa shape index (κ2) is 22.4. The molecule has 0 unspecified atom stereocenters. The first-order chi connectivity index (χ1) is 3.91. The van der Waals surface area contributed by atoms with E-state index in [0.29, 0.717) is 0 Å². The molecule has 0 saturated carbocycles. The summed E-state index contributed by atoms with van der Waals surface area (Å²) in [6, 6.07) is 10.0. The molecule has 0 radical (unpaired) electrons. The Morgan fingerprint density at radius 2 is 1.45 bits per heavy atom. The fraction of sp³-hybridized carbons (Fsp3) is 0.250. The largest absolute Gasteiger partial charge is 4.00 e. The molecule has 0 amide bonds. The molecule has 0 spiro atoms. The van der Waals surface area contributed by atoms with Crippen molar-refractivity contribution < 1.29 is 51.0 Å². The van der Waals surface area contributed by atoms with Crippen LogP contribution in [-0.4, -0.2) is 0 Å². The minimum absolute atomic E-state index is 0. The van der Waals surface area contributed by atoms with Crippen LogP contribution in [0.25, 0.3) is 0 Å². The Morgan fingerprint density at radius 3 is 1.55 bits per heavy atom. The average molecular weight is 270 g/mol. The van der Waals surface area contributed by atoms with Gasteiger partial charge in [0.25, 0.3) is 0 Å². The third-order valence-electron chi connectivity index (χ3n) is 0.556. The van der Waals surface area contributed by atoms with Crippen LogP contribution in [0.15, 0.2) is 30.3 Å². The summed E-state index contributed by atoms with van der Waals surface area (Å²) in [6.07, 6.45) is 1.00. The van der Waals surface area contributed by atoms with Gasteiger partial charge in [0.1, 0.15) is 0 Å². The van der Waals surface area contributed by atoms with E-state index in [0.717, 1.165) is 6.42 Å². The summed E-state index contributed by atoms with van der Waals surface area (Å²) in [4.78, 5) is 0. The normalized spacial score (nSPS) is 5.27. The second-order valence-electron chi connectivity index (χ2n) is 1.46. The van der Waals surface area contributed by atoms with Gasteiger partial charge in [-0.15, -0.1) is 0 Å². The zero-order chi connectivity index (χ0) is 6.24. The van der Waals surface area contributed by atoms with E-state index < -0.39 is 0 Å². The Labute approximate surface area is 101 Å². The molecule has 0 bridgehead atoms. The van der Waals surface area contributed by atoms with Gasteiger partial charge in [-0.3, -0.25) is 0 Å². The van der Waals surface area contributed by atoms with E-state index in [1.807, 2.05) is 37.3 Å². The first-order valence-electron chi connectivity index (χ1n) is 2.87. The Bertz CT molecular complexity index is 79.0. The van der Waals surface area contributed by atoms with Gasteiger partial charge >= 0.3 is 26.2 Å². The van der Waals surface area contributed by atoms with Gasteiger partial charge in [-0.25, -0.2) is 12.1 Å². The van der Waals surface area contributed by atoms with Crippen LogP contribution >= 0.6 is 0 Å². The Hall–Kier alpha value is 0.813. The summed E-state index contributed by atoms with van der Waals surface area (Å²) < 4.78 is 0. The summed E-state index contributed by atoms with van der Waals surface area (Å²) in [5.74, 6) is 0. The predicted octanol–water partition coefficient (Wildman–Crippen LogP) is -3.36. The smallest absolute Gasteiger partial charge is 1.00 e. The molecule has 0 aliphatic heterocycles. The van der Waals surface area contributed by atoms with Gasteiger partial charge in [0.2, 0.25) is 0 Å². The molecular formula is C8H12Cl2Zr. The quantitative estimate of drug-likeness (QED) is 0.432. The van der Waals surface area contributed by atoms with Crippen molar-refractivity contribution in [1.29, 1.82) is 0 Å². The molecule has 1 aromatic carbocycles. The molecule has 0 aliphatic rings. The molecule has 0 N–H and O–H groups in total. The van der Waals surface area contributed by atoms with Crippen molar-refractivity contribution in [3.63, 3.8) is 0 Å². The van der Waals surface area contributed by atoms with Gasteiger partial charge in [0.05, 0.1) is 0 Å². The van der Waals surface area contributed by atoms with E-state index in [-0.39, 0.29) is 51.0 Å². The van der Waals surface area contributed by atoms with E-state index in [1.165, 1.54) is 0 Å². The van der Waals surface area contributed by atoms with E-state index in [2.05, 4.69) is 6.92 Å². The van der Waals surface area contributed by atoms with Crippen molar-refractivity contribution in [2.75, 3.05) is 0 Å². The molecule has 0 nitrogen and oxygen atoms in total.